The molecule has 0 aliphatic carbocycles. The summed E-state index contributed by atoms with van der Waals surface area (Å²) in [5.41, 5.74) is 1.43. The van der Waals surface area contributed by atoms with Crippen molar-refractivity contribution < 1.29 is 8.95 Å². The fourth-order valence-corrected chi connectivity index (χ4v) is 2.93. The maximum atomic E-state index is 11.8. The van der Waals surface area contributed by atoms with Crippen LogP contribution in [0.3, 0.4) is 0 Å². The van der Waals surface area contributed by atoms with E-state index in [1.807, 2.05) is 6.07 Å². The van der Waals surface area contributed by atoms with E-state index in [9.17, 15) is 4.21 Å². The first-order valence-electron chi connectivity index (χ1n) is 6.13. The molecule has 0 fully saturated rings. The number of benzene rings is 1. The molecule has 1 unspecified atom stereocenters. The number of ether oxygens (including phenoxy) is 1. The van der Waals surface area contributed by atoms with E-state index in [1.54, 1.807) is 19.2 Å². The molecule has 0 aliphatic heterocycles. The lowest BCUT2D eigenvalue weighted by molar-refractivity contribution is 0.413. The lowest BCUT2D eigenvalue weighted by Crippen LogP contribution is -2.01. The molecule has 0 bridgehead atoms. The van der Waals surface area contributed by atoms with Crippen LogP contribution >= 0.6 is 0 Å². The molecule has 0 radical (unpaired) electrons. The summed E-state index contributed by atoms with van der Waals surface area (Å²) < 4.78 is 16.9. The van der Waals surface area contributed by atoms with Crippen LogP contribution in [0.15, 0.2) is 18.2 Å². The SMILES string of the molecule is CCCCCS(=O)Cc1ccc(OC)c(C#N)c1. The highest BCUT2D eigenvalue weighted by Crippen LogP contribution is 2.19. The van der Waals surface area contributed by atoms with Crippen LogP contribution in [-0.2, 0) is 16.6 Å². The lowest BCUT2D eigenvalue weighted by atomic mass is 10.1. The summed E-state index contributed by atoms with van der Waals surface area (Å²) in [7, 11) is 0.699. The first-order valence-corrected chi connectivity index (χ1v) is 7.62. The van der Waals surface area contributed by atoms with Gasteiger partial charge in [-0.15, -0.1) is 0 Å². The summed E-state index contributed by atoms with van der Waals surface area (Å²) in [6, 6.07) is 7.48. The maximum Gasteiger partial charge on any atom is 0.136 e. The van der Waals surface area contributed by atoms with Crippen molar-refractivity contribution in [3.05, 3.63) is 29.3 Å². The molecule has 1 rings (SSSR count). The minimum Gasteiger partial charge on any atom is -0.495 e. The smallest absolute Gasteiger partial charge is 0.136 e. The van der Waals surface area contributed by atoms with Gasteiger partial charge < -0.3 is 4.74 Å². The highest BCUT2D eigenvalue weighted by Gasteiger charge is 2.06. The number of nitrogens with zero attached hydrogens (tertiary/aromatic N) is 1. The fraction of sp³-hybridized carbons (Fsp3) is 0.500. The van der Waals surface area contributed by atoms with Crippen molar-refractivity contribution in [2.24, 2.45) is 0 Å². The van der Waals surface area contributed by atoms with E-state index < -0.39 is 10.8 Å². The first-order chi connectivity index (χ1) is 8.71. The highest BCUT2D eigenvalue weighted by atomic mass is 32.2. The molecule has 0 aromatic heterocycles. The Morgan fingerprint density at radius 2 is 2.17 bits per heavy atom. The van der Waals surface area contributed by atoms with E-state index in [0.29, 0.717) is 17.1 Å². The maximum absolute atomic E-state index is 11.8. The average molecular weight is 265 g/mol. The van der Waals surface area contributed by atoms with Crippen LogP contribution in [0, 0.1) is 11.3 Å². The molecular formula is C14H19NO2S. The molecule has 18 heavy (non-hydrogen) atoms. The van der Waals surface area contributed by atoms with Crippen LogP contribution in [-0.4, -0.2) is 17.1 Å². The Labute approximate surface area is 111 Å². The molecular weight excluding hydrogens is 246 g/mol. The molecule has 0 spiro atoms. The molecule has 0 amide bonds. The van der Waals surface area contributed by atoms with E-state index in [-0.39, 0.29) is 0 Å². The van der Waals surface area contributed by atoms with E-state index in [4.69, 9.17) is 10.00 Å². The van der Waals surface area contributed by atoms with Gasteiger partial charge in [0.15, 0.2) is 0 Å². The van der Waals surface area contributed by atoms with Crippen molar-refractivity contribution in [1.29, 1.82) is 5.26 Å². The van der Waals surface area contributed by atoms with Gasteiger partial charge in [-0.2, -0.15) is 5.26 Å². The molecule has 4 heteroatoms. The van der Waals surface area contributed by atoms with Crippen molar-refractivity contribution >= 4 is 10.8 Å². The van der Waals surface area contributed by atoms with Crippen molar-refractivity contribution in [2.45, 2.75) is 31.9 Å². The number of methoxy groups -OCH3 is 1. The van der Waals surface area contributed by atoms with Gasteiger partial charge in [0.2, 0.25) is 0 Å². The molecule has 98 valence electrons. The zero-order valence-electron chi connectivity index (χ0n) is 10.9. The van der Waals surface area contributed by atoms with Crippen LogP contribution in [0.5, 0.6) is 5.75 Å². The Morgan fingerprint density at radius 1 is 1.39 bits per heavy atom. The van der Waals surface area contributed by atoms with Gasteiger partial charge in [-0.1, -0.05) is 25.8 Å². The summed E-state index contributed by atoms with van der Waals surface area (Å²) in [4.78, 5) is 0. The number of nitriles is 1. The molecule has 1 aromatic carbocycles. The van der Waals surface area contributed by atoms with Gasteiger partial charge in [0.05, 0.1) is 12.7 Å². The number of unbranched alkanes of at least 4 members (excludes halogenated alkanes) is 2. The first kappa shape index (κ1) is 14.7. The molecule has 0 N–H and O–H groups in total. The second kappa shape index (κ2) is 7.88. The van der Waals surface area contributed by atoms with Crippen LogP contribution in [0.1, 0.15) is 37.3 Å². The Kier molecular flexibility index (Phi) is 6.45. The number of hydrogen-bond acceptors (Lipinski definition) is 3. The topological polar surface area (TPSA) is 50.1 Å². The van der Waals surface area contributed by atoms with Crippen molar-refractivity contribution in [3.8, 4) is 11.8 Å². The number of rotatable bonds is 7. The third-order valence-electron chi connectivity index (χ3n) is 2.69. The minimum absolute atomic E-state index is 0.501. The summed E-state index contributed by atoms with van der Waals surface area (Å²) in [6.07, 6.45) is 3.26. The van der Waals surface area contributed by atoms with Gasteiger partial charge in [0.25, 0.3) is 0 Å². The van der Waals surface area contributed by atoms with Crippen molar-refractivity contribution in [3.63, 3.8) is 0 Å². The van der Waals surface area contributed by atoms with Gasteiger partial charge in [-0.05, 0) is 24.1 Å². The molecule has 3 nitrogen and oxygen atoms in total. The molecule has 1 aromatic rings. The van der Waals surface area contributed by atoms with E-state index >= 15 is 0 Å². The summed E-state index contributed by atoms with van der Waals surface area (Å²) in [5.74, 6) is 1.82. The van der Waals surface area contributed by atoms with Gasteiger partial charge in [-0.3, -0.25) is 4.21 Å². The van der Waals surface area contributed by atoms with E-state index in [2.05, 4.69) is 13.0 Å². The standard InChI is InChI=1S/C14H19NO2S/c1-3-4-5-8-18(16)11-12-6-7-14(17-2)13(9-12)10-15/h6-7,9H,3-5,8,11H2,1-2H3. The molecule has 0 heterocycles. The second-order valence-corrected chi connectivity index (χ2v) is 5.72. The zero-order valence-corrected chi connectivity index (χ0v) is 11.8. The summed E-state index contributed by atoms with van der Waals surface area (Å²) >= 11 is 0. The van der Waals surface area contributed by atoms with Crippen LogP contribution < -0.4 is 4.74 Å². The predicted octanol–water partition coefficient (Wildman–Crippen LogP) is 3.01. The van der Waals surface area contributed by atoms with Gasteiger partial charge in [0.1, 0.15) is 11.8 Å². The monoisotopic (exact) mass is 265 g/mol. The van der Waals surface area contributed by atoms with Gasteiger partial charge in [0, 0.05) is 22.3 Å². The largest absolute Gasteiger partial charge is 0.495 e. The number of hydrogen-bond donors (Lipinski definition) is 0. The molecule has 0 saturated heterocycles. The van der Waals surface area contributed by atoms with Crippen LogP contribution in [0.4, 0.5) is 0 Å². The summed E-state index contributed by atoms with van der Waals surface area (Å²) in [6.45, 7) is 2.13. The van der Waals surface area contributed by atoms with Gasteiger partial charge in [-0.25, -0.2) is 0 Å². The van der Waals surface area contributed by atoms with Crippen LogP contribution in [0.25, 0.3) is 0 Å². The Hall–Kier alpha value is -1.34. The Morgan fingerprint density at radius 3 is 2.78 bits per heavy atom. The Balaban J connectivity index is 2.63. The molecule has 0 aliphatic rings. The quantitative estimate of drug-likeness (QED) is 0.712. The van der Waals surface area contributed by atoms with E-state index in [0.717, 1.165) is 30.6 Å². The predicted molar refractivity (Wildman–Crippen MR) is 73.9 cm³/mol. The normalized spacial score (nSPS) is 11.8. The fourth-order valence-electron chi connectivity index (χ4n) is 1.70. The highest BCUT2D eigenvalue weighted by molar-refractivity contribution is 7.84. The van der Waals surface area contributed by atoms with E-state index in [1.165, 1.54) is 0 Å². The molecule has 1 atom stereocenters. The van der Waals surface area contributed by atoms with Crippen molar-refractivity contribution in [1.82, 2.24) is 0 Å². The zero-order chi connectivity index (χ0) is 13.4. The lowest BCUT2D eigenvalue weighted by Gasteiger charge is -2.06. The van der Waals surface area contributed by atoms with Crippen molar-refractivity contribution in [2.75, 3.05) is 12.9 Å². The van der Waals surface area contributed by atoms with Gasteiger partial charge >= 0.3 is 0 Å². The average Bonchev–Trinajstić information content (AvgIpc) is 2.39. The minimum atomic E-state index is -0.842. The van der Waals surface area contributed by atoms with Crippen LogP contribution in [0.2, 0.25) is 0 Å². The third kappa shape index (κ3) is 4.50. The third-order valence-corrected chi connectivity index (χ3v) is 4.09. The molecule has 0 saturated carbocycles. The Bertz CT molecular complexity index is 452. The summed E-state index contributed by atoms with van der Waals surface area (Å²) in [5, 5.41) is 8.98. The second-order valence-electron chi connectivity index (χ2n) is 4.14.